The number of aromatic amines is 1. The van der Waals surface area contributed by atoms with Gasteiger partial charge in [0, 0.05) is 22.0 Å². The maximum absolute atomic E-state index is 13.3. The van der Waals surface area contributed by atoms with E-state index in [0.29, 0.717) is 11.4 Å². The summed E-state index contributed by atoms with van der Waals surface area (Å²) in [6.07, 6.45) is 0.694. The standard InChI is InChI=1S/C23H30ClN3O5/c1-5-31-20(29)13-8-9-23(18(25)12-13,21(30)32-22(2,3)4)27-19(28)17-11-14-10-15(24)6-7-16(14)26-17/h6-7,10-11,13,18,26H,5,8-9,12,25H2,1-4H3,(H,27,28). The Morgan fingerprint density at radius 3 is 2.62 bits per heavy atom. The predicted molar refractivity (Wildman–Crippen MR) is 121 cm³/mol. The van der Waals surface area contributed by atoms with Crippen molar-refractivity contribution in [2.75, 3.05) is 6.61 Å². The number of benzene rings is 1. The predicted octanol–water partition coefficient (Wildman–Crippen LogP) is 3.32. The number of aromatic nitrogens is 1. The van der Waals surface area contributed by atoms with E-state index in [0.717, 1.165) is 10.9 Å². The number of hydrogen-bond acceptors (Lipinski definition) is 6. The second-order valence-electron chi connectivity index (χ2n) is 9.17. The molecule has 0 aliphatic heterocycles. The molecular weight excluding hydrogens is 434 g/mol. The van der Waals surface area contributed by atoms with E-state index in [2.05, 4.69) is 10.3 Å². The van der Waals surface area contributed by atoms with Crippen LogP contribution >= 0.6 is 11.6 Å². The van der Waals surface area contributed by atoms with Gasteiger partial charge in [0.05, 0.1) is 12.5 Å². The van der Waals surface area contributed by atoms with E-state index in [-0.39, 0.29) is 31.1 Å². The summed E-state index contributed by atoms with van der Waals surface area (Å²) in [7, 11) is 0. The van der Waals surface area contributed by atoms with Gasteiger partial charge in [-0.3, -0.25) is 9.59 Å². The number of carbonyl (C=O) groups is 3. The summed E-state index contributed by atoms with van der Waals surface area (Å²) in [5.74, 6) is -1.90. The highest BCUT2D eigenvalue weighted by Gasteiger charge is 2.52. The lowest BCUT2D eigenvalue weighted by atomic mass is 9.72. The quantitative estimate of drug-likeness (QED) is 0.584. The number of hydrogen-bond donors (Lipinski definition) is 3. The summed E-state index contributed by atoms with van der Waals surface area (Å²) in [4.78, 5) is 41.7. The van der Waals surface area contributed by atoms with Gasteiger partial charge < -0.3 is 25.5 Å². The number of carbonyl (C=O) groups excluding carboxylic acids is 3. The number of H-pyrrole nitrogens is 1. The molecule has 1 aliphatic carbocycles. The number of nitrogens with one attached hydrogen (secondary N) is 2. The van der Waals surface area contributed by atoms with Crippen LogP contribution in [0.2, 0.25) is 5.02 Å². The first-order valence-corrected chi connectivity index (χ1v) is 11.1. The molecule has 1 aromatic heterocycles. The van der Waals surface area contributed by atoms with Crippen LogP contribution in [0.25, 0.3) is 10.9 Å². The number of nitrogens with two attached hydrogens (primary N) is 1. The largest absolute Gasteiger partial charge is 0.466 e. The third-order valence-electron chi connectivity index (χ3n) is 5.61. The van der Waals surface area contributed by atoms with Crippen molar-refractivity contribution in [3.8, 4) is 0 Å². The SMILES string of the molecule is CCOC(=O)C1CCC(NC(=O)c2cc3cc(Cl)ccc3[nH]2)(C(=O)OC(C)(C)C)C(N)C1. The lowest BCUT2D eigenvalue weighted by Gasteiger charge is -2.43. The fraction of sp³-hybridized carbons (Fsp3) is 0.522. The smallest absolute Gasteiger partial charge is 0.334 e. The molecule has 174 valence electrons. The molecule has 1 fully saturated rings. The van der Waals surface area contributed by atoms with Crippen LogP contribution in [-0.4, -0.2) is 46.6 Å². The van der Waals surface area contributed by atoms with Crippen molar-refractivity contribution in [3.63, 3.8) is 0 Å². The maximum Gasteiger partial charge on any atom is 0.334 e. The summed E-state index contributed by atoms with van der Waals surface area (Å²) < 4.78 is 10.7. The van der Waals surface area contributed by atoms with Crippen molar-refractivity contribution in [2.24, 2.45) is 11.7 Å². The van der Waals surface area contributed by atoms with Gasteiger partial charge in [0.1, 0.15) is 11.3 Å². The molecule has 8 nitrogen and oxygen atoms in total. The molecule has 3 rings (SSSR count). The van der Waals surface area contributed by atoms with Gasteiger partial charge in [0.25, 0.3) is 5.91 Å². The molecule has 0 radical (unpaired) electrons. The summed E-state index contributed by atoms with van der Waals surface area (Å²) in [6, 6.07) is 6.06. The van der Waals surface area contributed by atoms with Crippen molar-refractivity contribution in [3.05, 3.63) is 35.0 Å². The highest BCUT2D eigenvalue weighted by Crippen LogP contribution is 2.35. The third kappa shape index (κ3) is 5.07. The van der Waals surface area contributed by atoms with Crippen LogP contribution in [0.5, 0.6) is 0 Å². The van der Waals surface area contributed by atoms with E-state index in [1.807, 2.05) is 0 Å². The monoisotopic (exact) mass is 463 g/mol. The Morgan fingerprint density at radius 2 is 2.00 bits per heavy atom. The molecule has 1 amide bonds. The van der Waals surface area contributed by atoms with Gasteiger partial charge in [-0.1, -0.05) is 11.6 Å². The highest BCUT2D eigenvalue weighted by molar-refractivity contribution is 6.31. The lowest BCUT2D eigenvalue weighted by molar-refractivity contribution is -0.167. The van der Waals surface area contributed by atoms with Crippen LogP contribution in [0.15, 0.2) is 24.3 Å². The van der Waals surface area contributed by atoms with E-state index >= 15 is 0 Å². The van der Waals surface area contributed by atoms with E-state index in [9.17, 15) is 14.4 Å². The zero-order valence-corrected chi connectivity index (χ0v) is 19.5. The van der Waals surface area contributed by atoms with Crippen LogP contribution in [-0.2, 0) is 19.1 Å². The molecule has 0 saturated heterocycles. The zero-order valence-electron chi connectivity index (χ0n) is 18.8. The van der Waals surface area contributed by atoms with Crippen LogP contribution in [0.4, 0.5) is 0 Å². The summed E-state index contributed by atoms with van der Waals surface area (Å²) >= 11 is 6.04. The van der Waals surface area contributed by atoms with Crippen molar-refractivity contribution < 1.29 is 23.9 Å². The highest BCUT2D eigenvalue weighted by atomic mass is 35.5. The first-order chi connectivity index (χ1) is 14.9. The number of ether oxygens (including phenoxy) is 2. The number of rotatable bonds is 5. The Bertz CT molecular complexity index is 1030. The van der Waals surface area contributed by atoms with Gasteiger partial charge in [-0.05, 0) is 71.2 Å². The third-order valence-corrected chi connectivity index (χ3v) is 5.84. The second kappa shape index (κ2) is 9.11. The van der Waals surface area contributed by atoms with E-state index in [1.165, 1.54) is 0 Å². The van der Waals surface area contributed by atoms with Gasteiger partial charge in [0.2, 0.25) is 0 Å². The van der Waals surface area contributed by atoms with Crippen LogP contribution in [0, 0.1) is 5.92 Å². The lowest BCUT2D eigenvalue weighted by Crippen LogP contribution is -2.68. The fourth-order valence-electron chi connectivity index (χ4n) is 4.01. The van der Waals surface area contributed by atoms with Gasteiger partial charge in [-0.15, -0.1) is 0 Å². The normalized spacial score (nSPS) is 23.6. The van der Waals surface area contributed by atoms with Gasteiger partial charge in [-0.2, -0.15) is 0 Å². The fourth-order valence-corrected chi connectivity index (χ4v) is 4.19. The second-order valence-corrected chi connectivity index (χ2v) is 9.61. The average Bonchev–Trinajstić information content (AvgIpc) is 3.11. The summed E-state index contributed by atoms with van der Waals surface area (Å²) in [6.45, 7) is 7.25. The van der Waals surface area contributed by atoms with Crippen molar-refractivity contribution in [1.29, 1.82) is 0 Å². The maximum atomic E-state index is 13.3. The molecule has 0 spiro atoms. The molecule has 1 aromatic carbocycles. The number of fused-ring (bicyclic) bond motifs is 1. The molecule has 0 bridgehead atoms. The molecule has 1 saturated carbocycles. The van der Waals surface area contributed by atoms with Crippen LogP contribution in [0.1, 0.15) is 57.4 Å². The Morgan fingerprint density at radius 1 is 1.28 bits per heavy atom. The average molecular weight is 464 g/mol. The Hall–Kier alpha value is -2.58. The van der Waals surface area contributed by atoms with Crippen LogP contribution in [0.3, 0.4) is 0 Å². The number of halogens is 1. The van der Waals surface area contributed by atoms with E-state index in [1.54, 1.807) is 52.0 Å². The minimum atomic E-state index is -1.47. The van der Waals surface area contributed by atoms with Crippen molar-refractivity contribution in [1.82, 2.24) is 10.3 Å². The molecular formula is C23H30ClN3O5. The first kappa shape index (κ1) is 24.1. The molecule has 4 N–H and O–H groups in total. The van der Waals surface area contributed by atoms with Crippen LogP contribution < -0.4 is 11.1 Å². The topological polar surface area (TPSA) is 124 Å². The first-order valence-electron chi connectivity index (χ1n) is 10.7. The molecule has 9 heteroatoms. The minimum absolute atomic E-state index is 0.157. The summed E-state index contributed by atoms with van der Waals surface area (Å²) in [5, 5.41) is 4.15. The molecule has 32 heavy (non-hydrogen) atoms. The zero-order chi connectivity index (χ0) is 23.7. The van der Waals surface area contributed by atoms with Gasteiger partial charge in [-0.25, -0.2) is 4.79 Å². The minimum Gasteiger partial charge on any atom is -0.466 e. The van der Waals surface area contributed by atoms with Crippen molar-refractivity contribution in [2.45, 2.75) is 64.1 Å². The van der Waals surface area contributed by atoms with E-state index in [4.69, 9.17) is 26.8 Å². The van der Waals surface area contributed by atoms with Gasteiger partial charge >= 0.3 is 11.9 Å². The van der Waals surface area contributed by atoms with E-state index < -0.39 is 35.0 Å². The molecule has 1 aliphatic rings. The molecule has 3 unspecified atom stereocenters. The molecule has 2 aromatic rings. The Kier molecular flexibility index (Phi) is 6.86. The van der Waals surface area contributed by atoms with Gasteiger partial charge in [0.15, 0.2) is 5.54 Å². The Labute approximate surface area is 192 Å². The molecule has 3 atom stereocenters. The molecule has 1 heterocycles. The van der Waals surface area contributed by atoms with Crippen molar-refractivity contribution >= 4 is 40.3 Å². The number of esters is 2. The summed E-state index contributed by atoms with van der Waals surface area (Å²) in [5.41, 5.74) is 5.19. The number of amides is 1. The Balaban J connectivity index is 1.89.